The van der Waals surface area contributed by atoms with Gasteiger partial charge in [-0.3, -0.25) is 0 Å². The minimum atomic E-state index is 0.0391. The van der Waals surface area contributed by atoms with Crippen molar-refractivity contribution in [3.05, 3.63) is 42.2 Å². The molecule has 0 bridgehead atoms. The number of hydrogen-bond acceptors (Lipinski definition) is 7. The van der Waals surface area contributed by atoms with Crippen LogP contribution in [0.1, 0.15) is 46.2 Å². The molecule has 1 aromatic carbocycles. The largest absolute Gasteiger partial charge is 0.507 e. The number of rotatable bonds is 3. The first-order valence-corrected chi connectivity index (χ1v) is 10.5. The van der Waals surface area contributed by atoms with Gasteiger partial charge in [0.1, 0.15) is 17.5 Å². The highest BCUT2D eigenvalue weighted by atomic mass is 16.3. The van der Waals surface area contributed by atoms with E-state index in [9.17, 15) is 10.4 Å². The standard InChI is InChI=1S/C24H28N6O/c1-23(2)12-16(13-24(3,4)29-23)30(5)22-7-6-19(27-28-22)18-11-17-15(10-21(18)31)8-9-26-20(17)14-25/h6-11,16,29,31H,12-13H2,1-5H3. The van der Waals surface area contributed by atoms with Gasteiger partial charge < -0.3 is 15.3 Å². The molecule has 3 aromatic rings. The van der Waals surface area contributed by atoms with Crippen molar-refractivity contribution in [3.8, 4) is 23.1 Å². The molecule has 0 radical (unpaired) electrons. The molecule has 4 rings (SSSR count). The number of anilines is 1. The first kappa shape index (κ1) is 21.0. The topological polar surface area (TPSA) is 98.0 Å². The van der Waals surface area contributed by atoms with Crippen LogP contribution < -0.4 is 10.2 Å². The van der Waals surface area contributed by atoms with Crippen LogP contribution in [0.2, 0.25) is 0 Å². The van der Waals surface area contributed by atoms with E-state index in [0.717, 1.165) is 24.0 Å². The van der Waals surface area contributed by atoms with Gasteiger partial charge in [-0.15, -0.1) is 10.2 Å². The molecule has 2 N–H and O–H groups in total. The Hall–Kier alpha value is -3.24. The lowest BCUT2D eigenvalue weighted by molar-refractivity contribution is 0.160. The van der Waals surface area contributed by atoms with Crippen LogP contribution in [-0.4, -0.2) is 44.5 Å². The lowest BCUT2D eigenvalue weighted by Crippen LogP contribution is -2.62. The molecule has 7 nitrogen and oxygen atoms in total. The Kier molecular flexibility index (Phi) is 5.06. The van der Waals surface area contributed by atoms with Gasteiger partial charge >= 0.3 is 0 Å². The molecule has 2 aromatic heterocycles. The summed E-state index contributed by atoms with van der Waals surface area (Å²) in [5.74, 6) is 0.891. The summed E-state index contributed by atoms with van der Waals surface area (Å²) in [7, 11) is 2.06. The molecule has 0 aliphatic carbocycles. The third kappa shape index (κ3) is 4.17. The van der Waals surface area contributed by atoms with Gasteiger partial charge in [0.2, 0.25) is 0 Å². The average Bonchev–Trinajstić information content (AvgIpc) is 2.70. The number of nitrogens with one attached hydrogen (secondary N) is 1. The fourth-order valence-corrected chi connectivity index (χ4v) is 4.89. The molecule has 1 aliphatic heterocycles. The molecular weight excluding hydrogens is 388 g/mol. The fourth-order valence-electron chi connectivity index (χ4n) is 4.89. The number of nitriles is 1. The minimum absolute atomic E-state index is 0.0391. The van der Waals surface area contributed by atoms with Crippen molar-refractivity contribution in [2.24, 2.45) is 0 Å². The third-order valence-electron chi connectivity index (χ3n) is 5.99. The summed E-state index contributed by atoms with van der Waals surface area (Å²) in [6.45, 7) is 8.93. The number of fused-ring (bicyclic) bond motifs is 1. The molecule has 3 heterocycles. The number of aromatic nitrogens is 3. The Morgan fingerprint density at radius 1 is 1.10 bits per heavy atom. The molecule has 0 unspecified atom stereocenters. The second-order valence-electron chi connectivity index (χ2n) is 9.70. The van der Waals surface area contributed by atoms with E-state index >= 15 is 0 Å². The summed E-state index contributed by atoms with van der Waals surface area (Å²) in [5, 5.41) is 33.9. The van der Waals surface area contributed by atoms with E-state index in [0.29, 0.717) is 28.4 Å². The van der Waals surface area contributed by atoms with Gasteiger partial charge in [-0.05, 0) is 76.3 Å². The van der Waals surface area contributed by atoms with Crippen molar-refractivity contribution < 1.29 is 5.11 Å². The van der Waals surface area contributed by atoms with Crippen LogP contribution in [0.5, 0.6) is 5.75 Å². The zero-order valence-electron chi connectivity index (χ0n) is 18.6. The van der Waals surface area contributed by atoms with Gasteiger partial charge in [0.05, 0.1) is 5.69 Å². The zero-order chi connectivity index (χ0) is 22.4. The van der Waals surface area contributed by atoms with Gasteiger partial charge in [0, 0.05) is 41.3 Å². The van der Waals surface area contributed by atoms with E-state index in [1.807, 2.05) is 12.1 Å². The third-order valence-corrected chi connectivity index (χ3v) is 5.99. The monoisotopic (exact) mass is 416 g/mol. The lowest BCUT2D eigenvalue weighted by atomic mass is 9.79. The van der Waals surface area contributed by atoms with E-state index in [4.69, 9.17) is 0 Å². The SMILES string of the molecule is CN(c1ccc(-c2cc3c(C#N)nccc3cc2O)nn1)C1CC(C)(C)NC(C)(C)C1. The quantitative estimate of drug-likeness (QED) is 0.665. The first-order valence-electron chi connectivity index (χ1n) is 10.5. The summed E-state index contributed by atoms with van der Waals surface area (Å²) in [5.41, 5.74) is 1.48. The van der Waals surface area contributed by atoms with Crippen molar-refractivity contribution in [2.75, 3.05) is 11.9 Å². The van der Waals surface area contributed by atoms with Gasteiger partial charge in [0.25, 0.3) is 0 Å². The zero-order valence-corrected chi connectivity index (χ0v) is 18.6. The summed E-state index contributed by atoms with van der Waals surface area (Å²) in [6.07, 6.45) is 3.57. The van der Waals surface area contributed by atoms with Crippen LogP contribution in [-0.2, 0) is 0 Å². The highest BCUT2D eigenvalue weighted by Crippen LogP contribution is 2.35. The van der Waals surface area contributed by atoms with E-state index in [-0.39, 0.29) is 16.8 Å². The summed E-state index contributed by atoms with van der Waals surface area (Å²) >= 11 is 0. The van der Waals surface area contributed by atoms with Crippen LogP contribution in [0, 0.1) is 11.3 Å². The van der Waals surface area contributed by atoms with Crippen LogP contribution in [0.3, 0.4) is 0 Å². The molecule has 160 valence electrons. The first-order chi connectivity index (χ1) is 14.6. The molecule has 0 amide bonds. The molecule has 0 saturated carbocycles. The van der Waals surface area contributed by atoms with Crippen molar-refractivity contribution in [1.29, 1.82) is 5.26 Å². The Morgan fingerprint density at radius 2 is 1.81 bits per heavy atom. The lowest BCUT2D eigenvalue weighted by Gasteiger charge is -2.49. The molecular formula is C24H28N6O. The van der Waals surface area contributed by atoms with E-state index in [1.54, 1.807) is 24.4 Å². The molecule has 31 heavy (non-hydrogen) atoms. The second kappa shape index (κ2) is 7.47. The van der Waals surface area contributed by atoms with Gasteiger partial charge in [0.15, 0.2) is 5.82 Å². The van der Waals surface area contributed by atoms with Crippen molar-refractivity contribution in [3.63, 3.8) is 0 Å². The summed E-state index contributed by atoms with van der Waals surface area (Å²) < 4.78 is 0. The minimum Gasteiger partial charge on any atom is -0.507 e. The van der Waals surface area contributed by atoms with E-state index in [1.165, 1.54) is 0 Å². The number of nitrogens with zero attached hydrogens (tertiary/aromatic N) is 5. The number of hydrogen-bond donors (Lipinski definition) is 2. The average molecular weight is 417 g/mol. The number of aromatic hydroxyl groups is 1. The molecule has 0 spiro atoms. The highest BCUT2D eigenvalue weighted by molar-refractivity contribution is 5.92. The normalized spacial score (nSPS) is 17.9. The number of piperidine rings is 1. The number of phenols is 1. The second-order valence-corrected chi connectivity index (χ2v) is 9.70. The predicted molar refractivity (Wildman–Crippen MR) is 122 cm³/mol. The summed E-state index contributed by atoms with van der Waals surface area (Å²) in [6, 6.07) is 11.4. The smallest absolute Gasteiger partial charge is 0.151 e. The van der Waals surface area contributed by atoms with Crippen LogP contribution in [0.4, 0.5) is 5.82 Å². The molecule has 1 aliphatic rings. The van der Waals surface area contributed by atoms with Crippen molar-refractivity contribution in [1.82, 2.24) is 20.5 Å². The predicted octanol–water partition coefficient (Wildman–Crippen LogP) is 4.01. The van der Waals surface area contributed by atoms with Gasteiger partial charge in [-0.1, -0.05) is 0 Å². The van der Waals surface area contributed by atoms with E-state index < -0.39 is 0 Å². The Morgan fingerprint density at radius 3 is 2.42 bits per heavy atom. The molecule has 0 atom stereocenters. The van der Waals surface area contributed by atoms with Gasteiger partial charge in [-0.25, -0.2) is 4.98 Å². The van der Waals surface area contributed by atoms with E-state index in [2.05, 4.69) is 66.2 Å². The number of pyridine rings is 1. The number of benzene rings is 1. The molecule has 1 saturated heterocycles. The highest BCUT2D eigenvalue weighted by Gasteiger charge is 2.39. The molecule has 1 fully saturated rings. The van der Waals surface area contributed by atoms with Crippen LogP contribution >= 0.6 is 0 Å². The Labute approximate surface area is 182 Å². The van der Waals surface area contributed by atoms with Crippen LogP contribution in [0.25, 0.3) is 22.0 Å². The maximum absolute atomic E-state index is 10.5. The maximum atomic E-state index is 10.5. The van der Waals surface area contributed by atoms with Crippen molar-refractivity contribution >= 4 is 16.6 Å². The summed E-state index contributed by atoms with van der Waals surface area (Å²) in [4.78, 5) is 6.31. The fraction of sp³-hybridized carbons (Fsp3) is 0.417. The maximum Gasteiger partial charge on any atom is 0.151 e. The Balaban J connectivity index is 1.64. The number of phenolic OH excluding ortho intramolecular Hbond substituents is 1. The van der Waals surface area contributed by atoms with Crippen molar-refractivity contribution in [2.45, 2.75) is 57.7 Å². The van der Waals surface area contributed by atoms with Crippen LogP contribution in [0.15, 0.2) is 36.5 Å². The Bertz CT molecular complexity index is 1150. The molecule has 7 heteroatoms. The van der Waals surface area contributed by atoms with Gasteiger partial charge in [-0.2, -0.15) is 5.26 Å².